The van der Waals surface area contributed by atoms with Gasteiger partial charge in [0, 0.05) is 11.9 Å². The molecule has 14 heteroatoms. The molecule has 10 nitrogen and oxygen atoms in total. The topological polar surface area (TPSA) is 127 Å². The van der Waals surface area contributed by atoms with Crippen molar-refractivity contribution in [2.75, 3.05) is 19.5 Å². The number of fused-ring (bicyclic) bond motifs is 2. The summed E-state index contributed by atoms with van der Waals surface area (Å²) in [6.07, 6.45) is 5.31. The molecule has 188 valence electrons. The first kappa shape index (κ1) is 24.8. The number of rotatable bonds is 8. The predicted molar refractivity (Wildman–Crippen MR) is 140 cm³/mol. The Balaban J connectivity index is 1.43. The van der Waals surface area contributed by atoms with E-state index in [1.165, 1.54) is 35.4 Å². The highest BCUT2D eigenvalue weighted by Gasteiger charge is 2.33. The Morgan fingerprint density at radius 2 is 1.67 bits per heavy atom. The third kappa shape index (κ3) is 4.49. The average Bonchev–Trinajstić information content (AvgIpc) is 3.48. The normalized spacial score (nSPS) is 15.7. The van der Waals surface area contributed by atoms with Crippen LogP contribution < -0.4 is 9.03 Å². The van der Waals surface area contributed by atoms with Gasteiger partial charge in [-0.25, -0.2) is 26.5 Å². The van der Waals surface area contributed by atoms with Gasteiger partial charge in [0.1, 0.15) is 10.4 Å². The van der Waals surface area contributed by atoms with Crippen LogP contribution in [0, 0.1) is 0 Å². The van der Waals surface area contributed by atoms with Crippen molar-refractivity contribution >= 4 is 71.6 Å². The predicted octanol–water partition coefficient (Wildman–Crippen LogP) is 3.96. The van der Waals surface area contributed by atoms with Gasteiger partial charge in [-0.3, -0.25) is 0 Å². The summed E-state index contributed by atoms with van der Waals surface area (Å²) in [7, 11) is -8.67. The largest absolute Gasteiger partial charge is 0.324 e. The number of nitrogens with one attached hydrogen (secondary N) is 1. The first-order valence-corrected chi connectivity index (χ1v) is 15.1. The van der Waals surface area contributed by atoms with Crippen molar-refractivity contribution in [3.8, 4) is 0 Å². The molecule has 0 saturated heterocycles. The highest BCUT2D eigenvalue weighted by Crippen LogP contribution is 2.35. The molecule has 1 N–H and O–H groups in total. The second-order valence-corrected chi connectivity index (χ2v) is 13.2. The van der Waals surface area contributed by atoms with Gasteiger partial charge in [-0.05, 0) is 48.2 Å². The van der Waals surface area contributed by atoms with Gasteiger partial charge in [-0.1, -0.05) is 24.3 Å². The fourth-order valence-electron chi connectivity index (χ4n) is 4.29. The average molecular weight is 567 g/mol. The molecule has 2 aromatic carbocycles. The molecular weight excluding hydrogens is 547 g/mol. The Kier molecular flexibility index (Phi) is 6.54. The SMILES string of the molecule is O=S(=O)(CCl)N(c1ccc(Nc2ncc3cnn(C4CCc5ccccc54)c3n2)cc1)S(=O)(=O)CCl. The van der Waals surface area contributed by atoms with E-state index in [1.807, 2.05) is 16.8 Å². The minimum Gasteiger partial charge on any atom is -0.324 e. The molecule has 1 unspecified atom stereocenters. The molecule has 0 spiro atoms. The Hall–Kier alpha value is -2.93. The van der Waals surface area contributed by atoms with Crippen LogP contribution in [0.25, 0.3) is 11.0 Å². The van der Waals surface area contributed by atoms with Crippen LogP contribution >= 0.6 is 23.2 Å². The first-order chi connectivity index (χ1) is 17.2. The lowest BCUT2D eigenvalue weighted by atomic mass is 10.1. The molecule has 0 aliphatic heterocycles. The fraction of sp³-hybridized carbons (Fsp3) is 0.227. The third-order valence-corrected chi connectivity index (χ3v) is 10.8. The van der Waals surface area contributed by atoms with E-state index in [9.17, 15) is 16.8 Å². The van der Waals surface area contributed by atoms with Gasteiger partial charge < -0.3 is 5.32 Å². The molecule has 0 fully saturated rings. The number of hydrogen-bond donors (Lipinski definition) is 1. The maximum absolute atomic E-state index is 12.3. The summed E-state index contributed by atoms with van der Waals surface area (Å²) >= 11 is 11.0. The minimum atomic E-state index is -4.34. The zero-order valence-electron chi connectivity index (χ0n) is 18.6. The molecule has 1 aliphatic carbocycles. The number of benzene rings is 2. The maximum atomic E-state index is 12.3. The Morgan fingerprint density at radius 1 is 0.972 bits per heavy atom. The van der Waals surface area contributed by atoms with Crippen LogP contribution in [0.4, 0.5) is 17.3 Å². The molecule has 0 amide bonds. The van der Waals surface area contributed by atoms with Crippen LogP contribution in [0.1, 0.15) is 23.6 Å². The standard InChI is InChI=1S/C22H20Cl2N6O4S2/c23-13-35(31,32)30(36(33,34)14-24)18-8-6-17(7-9-18)27-22-25-11-16-12-26-29(21(16)28-22)20-10-5-15-3-1-2-4-19(15)20/h1-4,6-9,11-12,20H,5,10,13-14H2,(H,25,27,28). The number of alkyl halides is 2. The lowest BCUT2D eigenvalue weighted by Gasteiger charge is -2.21. The maximum Gasteiger partial charge on any atom is 0.262 e. The second-order valence-electron chi connectivity index (χ2n) is 8.13. The van der Waals surface area contributed by atoms with Crippen molar-refractivity contribution < 1.29 is 16.8 Å². The van der Waals surface area contributed by atoms with Crippen molar-refractivity contribution in [2.45, 2.75) is 18.9 Å². The van der Waals surface area contributed by atoms with Crippen LogP contribution in [0.3, 0.4) is 0 Å². The van der Waals surface area contributed by atoms with Gasteiger partial charge in [0.05, 0.1) is 23.3 Å². The smallest absolute Gasteiger partial charge is 0.262 e. The molecule has 4 aromatic rings. The Bertz CT molecular complexity index is 1610. The highest BCUT2D eigenvalue weighted by atomic mass is 35.5. The molecule has 2 heterocycles. The number of halogens is 2. The summed E-state index contributed by atoms with van der Waals surface area (Å²) in [5.74, 6) is 0.307. The van der Waals surface area contributed by atoms with Gasteiger partial charge in [0.15, 0.2) is 5.65 Å². The Morgan fingerprint density at radius 3 is 2.36 bits per heavy atom. The molecule has 1 aliphatic rings. The molecule has 0 radical (unpaired) electrons. The second kappa shape index (κ2) is 9.51. The van der Waals surface area contributed by atoms with Gasteiger partial charge in [0.25, 0.3) is 20.0 Å². The van der Waals surface area contributed by atoms with Gasteiger partial charge in [0.2, 0.25) is 5.95 Å². The number of hydrogen-bond acceptors (Lipinski definition) is 8. The van der Waals surface area contributed by atoms with E-state index in [2.05, 4.69) is 32.5 Å². The fourth-order valence-corrected chi connectivity index (χ4v) is 7.99. The lowest BCUT2D eigenvalue weighted by molar-refractivity contribution is 0.533. The first-order valence-electron chi connectivity index (χ1n) is 10.8. The van der Waals surface area contributed by atoms with E-state index in [1.54, 1.807) is 12.4 Å². The summed E-state index contributed by atoms with van der Waals surface area (Å²) in [5.41, 5.74) is 3.62. The van der Waals surface area contributed by atoms with Crippen LogP contribution in [-0.4, -0.2) is 47.0 Å². The van der Waals surface area contributed by atoms with E-state index in [-0.39, 0.29) is 15.4 Å². The molecular formula is C22H20Cl2N6O4S2. The van der Waals surface area contributed by atoms with Crippen LogP contribution in [0.5, 0.6) is 0 Å². The zero-order valence-corrected chi connectivity index (χ0v) is 21.8. The number of aromatic nitrogens is 4. The van der Waals surface area contributed by atoms with E-state index < -0.39 is 30.5 Å². The number of aryl methyl sites for hydroxylation is 1. The monoisotopic (exact) mass is 566 g/mol. The number of sulfonamides is 2. The molecule has 0 saturated carbocycles. The van der Waals surface area contributed by atoms with E-state index in [0.717, 1.165) is 18.2 Å². The molecule has 36 heavy (non-hydrogen) atoms. The van der Waals surface area contributed by atoms with E-state index in [4.69, 9.17) is 23.2 Å². The summed E-state index contributed by atoms with van der Waals surface area (Å²) in [5, 5.41) is 6.58. The number of nitrogens with zero attached hydrogens (tertiary/aromatic N) is 5. The van der Waals surface area contributed by atoms with Gasteiger partial charge in [-0.2, -0.15) is 13.8 Å². The van der Waals surface area contributed by atoms with E-state index >= 15 is 0 Å². The molecule has 2 aromatic heterocycles. The van der Waals surface area contributed by atoms with E-state index in [0.29, 0.717) is 17.3 Å². The quantitative estimate of drug-likeness (QED) is 0.317. The van der Waals surface area contributed by atoms with Crippen molar-refractivity contribution in [3.05, 3.63) is 72.1 Å². The zero-order chi connectivity index (χ0) is 25.5. The summed E-state index contributed by atoms with van der Waals surface area (Å²) in [6.45, 7) is 0. The van der Waals surface area contributed by atoms with Crippen molar-refractivity contribution in [2.24, 2.45) is 0 Å². The van der Waals surface area contributed by atoms with Crippen molar-refractivity contribution in [3.63, 3.8) is 0 Å². The van der Waals surface area contributed by atoms with Crippen LogP contribution in [0.2, 0.25) is 0 Å². The third-order valence-electron chi connectivity index (χ3n) is 5.85. The van der Waals surface area contributed by atoms with Crippen molar-refractivity contribution in [1.29, 1.82) is 0 Å². The molecule has 0 bridgehead atoms. The van der Waals surface area contributed by atoms with Crippen LogP contribution in [0.15, 0.2) is 60.9 Å². The number of anilines is 3. The van der Waals surface area contributed by atoms with Gasteiger partial charge >= 0.3 is 0 Å². The molecule has 1 atom stereocenters. The van der Waals surface area contributed by atoms with Gasteiger partial charge in [-0.15, -0.1) is 23.2 Å². The summed E-state index contributed by atoms with van der Waals surface area (Å²) in [4.78, 5) is 8.99. The summed E-state index contributed by atoms with van der Waals surface area (Å²) < 4.78 is 51.4. The van der Waals surface area contributed by atoms with Crippen molar-refractivity contribution in [1.82, 2.24) is 19.7 Å². The lowest BCUT2D eigenvalue weighted by Crippen LogP contribution is -2.38. The molecule has 5 rings (SSSR count). The minimum absolute atomic E-state index is 0.0829. The van der Waals surface area contributed by atoms with Crippen LogP contribution in [-0.2, 0) is 26.5 Å². The Labute approximate surface area is 218 Å². The summed E-state index contributed by atoms with van der Waals surface area (Å²) in [6, 6.07) is 14.1. The highest BCUT2D eigenvalue weighted by molar-refractivity contribution is 8.11.